The van der Waals surface area contributed by atoms with Gasteiger partial charge in [-0.1, -0.05) is 38.1 Å². The van der Waals surface area contributed by atoms with E-state index in [0.29, 0.717) is 5.56 Å². The number of fused-ring (bicyclic) bond motifs is 1. The number of Topliss-reactive ketones (excluding diaryl/α,β-unsaturated/α-hetero) is 1. The number of pyridine rings is 1. The molecule has 0 unspecified atom stereocenters. The minimum absolute atomic E-state index is 0.0535. The van der Waals surface area contributed by atoms with Gasteiger partial charge in [-0.3, -0.25) is 4.79 Å². The minimum Gasteiger partial charge on any atom is -0.295 e. The smallest absolute Gasteiger partial charge is 0.159 e. The Bertz CT molecular complexity index is 773. The van der Waals surface area contributed by atoms with Crippen LogP contribution in [0.1, 0.15) is 43.6 Å². The third-order valence-electron chi connectivity index (χ3n) is 4.29. The van der Waals surface area contributed by atoms with Crippen molar-refractivity contribution in [1.29, 1.82) is 0 Å². The van der Waals surface area contributed by atoms with Crippen LogP contribution >= 0.6 is 0 Å². The second kappa shape index (κ2) is 4.62. The molecule has 1 aliphatic heterocycles. The van der Waals surface area contributed by atoms with Crippen molar-refractivity contribution < 1.29 is 4.79 Å². The van der Waals surface area contributed by atoms with Gasteiger partial charge in [0.05, 0.1) is 5.69 Å². The van der Waals surface area contributed by atoms with E-state index in [1.54, 1.807) is 6.92 Å². The number of carbonyl (C=O) groups is 1. The number of nitrogens with zero attached hydrogens (tertiary/aromatic N) is 2. The first-order valence-electron chi connectivity index (χ1n) is 7.08. The number of aliphatic imine (C=N–C) groups is 1. The average molecular weight is 278 g/mol. The zero-order valence-electron chi connectivity index (χ0n) is 12.8. The van der Waals surface area contributed by atoms with Crippen LogP contribution in [-0.4, -0.2) is 16.5 Å². The molecular weight excluding hydrogens is 260 g/mol. The normalized spacial score (nSPS) is 15.5. The highest BCUT2D eigenvalue weighted by Crippen LogP contribution is 2.39. The number of aromatic nitrogens is 1. The Morgan fingerprint density at radius 2 is 1.90 bits per heavy atom. The summed E-state index contributed by atoms with van der Waals surface area (Å²) >= 11 is 0. The van der Waals surface area contributed by atoms with Gasteiger partial charge in [0.25, 0.3) is 0 Å². The molecule has 0 spiro atoms. The zero-order valence-corrected chi connectivity index (χ0v) is 12.8. The van der Waals surface area contributed by atoms with E-state index in [4.69, 9.17) is 0 Å². The van der Waals surface area contributed by atoms with Crippen LogP contribution in [0.25, 0.3) is 11.3 Å². The fourth-order valence-corrected chi connectivity index (χ4v) is 2.57. The van der Waals surface area contributed by atoms with Crippen LogP contribution in [0.2, 0.25) is 0 Å². The summed E-state index contributed by atoms with van der Waals surface area (Å²) in [6, 6.07) is 11.7. The van der Waals surface area contributed by atoms with Gasteiger partial charge in [-0.25, -0.2) is 9.98 Å². The molecule has 0 amide bonds. The van der Waals surface area contributed by atoms with Gasteiger partial charge in [0.15, 0.2) is 11.6 Å². The number of hydrogen-bond donors (Lipinski definition) is 0. The van der Waals surface area contributed by atoms with Gasteiger partial charge in [-0.15, -0.1) is 0 Å². The number of rotatable bonds is 2. The van der Waals surface area contributed by atoms with Gasteiger partial charge in [-0.05, 0) is 26.0 Å². The van der Waals surface area contributed by atoms with Crippen LogP contribution in [0.4, 0.5) is 5.82 Å². The molecule has 106 valence electrons. The van der Waals surface area contributed by atoms with Gasteiger partial charge in [0.2, 0.25) is 0 Å². The number of carbonyl (C=O) groups excluding carboxylic acids is 1. The molecular formula is C18H18N2O. The first-order valence-corrected chi connectivity index (χ1v) is 7.08. The van der Waals surface area contributed by atoms with Crippen LogP contribution in [0.15, 0.2) is 41.4 Å². The van der Waals surface area contributed by atoms with Crippen LogP contribution in [-0.2, 0) is 5.41 Å². The van der Waals surface area contributed by atoms with Crippen molar-refractivity contribution in [2.75, 3.05) is 0 Å². The molecule has 0 aliphatic carbocycles. The summed E-state index contributed by atoms with van der Waals surface area (Å²) < 4.78 is 0. The second-order valence-electron chi connectivity index (χ2n) is 6.03. The summed E-state index contributed by atoms with van der Waals surface area (Å²) in [6.07, 6.45) is 0. The number of benzene rings is 1. The van der Waals surface area contributed by atoms with Crippen molar-refractivity contribution in [3.63, 3.8) is 0 Å². The Morgan fingerprint density at radius 1 is 1.14 bits per heavy atom. The highest BCUT2D eigenvalue weighted by Gasteiger charge is 2.33. The van der Waals surface area contributed by atoms with E-state index in [1.807, 2.05) is 37.3 Å². The van der Waals surface area contributed by atoms with Crippen molar-refractivity contribution in [2.45, 2.75) is 33.1 Å². The van der Waals surface area contributed by atoms with E-state index in [9.17, 15) is 4.79 Å². The molecule has 0 saturated heterocycles. The Kier molecular flexibility index (Phi) is 3.01. The van der Waals surface area contributed by atoms with Gasteiger partial charge in [-0.2, -0.15) is 0 Å². The number of hydrogen-bond acceptors (Lipinski definition) is 3. The third-order valence-corrected chi connectivity index (χ3v) is 4.29. The van der Waals surface area contributed by atoms with Gasteiger partial charge < -0.3 is 0 Å². The average Bonchev–Trinajstić information content (AvgIpc) is 2.69. The Hall–Kier alpha value is -2.29. The molecule has 0 fully saturated rings. The maximum atomic E-state index is 11.5. The lowest BCUT2D eigenvalue weighted by Gasteiger charge is -2.19. The molecule has 1 aromatic carbocycles. The van der Waals surface area contributed by atoms with Gasteiger partial charge in [0, 0.05) is 27.8 Å². The predicted octanol–water partition coefficient (Wildman–Crippen LogP) is 4.33. The highest BCUT2D eigenvalue weighted by atomic mass is 16.1. The molecule has 0 bridgehead atoms. The topological polar surface area (TPSA) is 42.3 Å². The monoisotopic (exact) mass is 278 g/mol. The summed E-state index contributed by atoms with van der Waals surface area (Å²) in [5, 5.41) is 0. The lowest BCUT2D eigenvalue weighted by atomic mass is 9.83. The molecule has 3 heteroatoms. The van der Waals surface area contributed by atoms with E-state index in [0.717, 1.165) is 28.4 Å². The molecule has 3 rings (SSSR count). The molecule has 0 atom stereocenters. The highest BCUT2D eigenvalue weighted by molar-refractivity contribution is 5.99. The molecule has 1 aromatic heterocycles. The summed E-state index contributed by atoms with van der Waals surface area (Å²) in [6.45, 7) is 7.94. The van der Waals surface area contributed by atoms with E-state index in [1.165, 1.54) is 0 Å². The largest absolute Gasteiger partial charge is 0.295 e. The maximum absolute atomic E-state index is 11.5. The lowest BCUT2D eigenvalue weighted by Crippen LogP contribution is -2.22. The first kappa shape index (κ1) is 13.7. The van der Waals surface area contributed by atoms with Crippen LogP contribution < -0.4 is 0 Å². The molecule has 0 radical (unpaired) electrons. The van der Waals surface area contributed by atoms with Gasteiger partial charge in [0.1, 0.15) is 0 Å². The van der Waals surface area contributed by atoms with E-state index < -0.39 is 0 Å². The molecule has 1 aliphatic rings. The fourth-order valence-electron chi connectivity index (χ4n) is 2.57. The summed E-state index contributed by atoms with van der Waals surface area (Å²) in [5.41, 5.74) is 4.69. The second-order valence-corrected chi connectivity index (χ2v) is 6.03. The molecule has 0 N–H and O–H groups in total. The summed E-state index contributed by atoms with van der Waals surface area (Å²) in [7, 11) is 0. The minimum atomic E-state index is -0.0535. The van der Waals surface area contributed by atoms with Crippen LogP contribution in [0, 0.1) is 0 Å². The quantitative estimate of drug-likeness (QED) is 0.767. The molecule has 3 nitrogen and oxygen atoms in total. The number of ketones is 1. The van der Waals surface area contributed by atoms with Crippen molar-refractivity contribution in [1.82, 2.24) is 4.98 Å². The SMILES string of the molecule is CC(=O)c1cccc(-c2ccc3c(n2)N=C(C)C3(C)C)c1. The Labute approximate surface area is 124 Å². The van der Waals surface area contributed by atoms with Gasteiger partial charge >= 0.3 is 0 Å². The van der Waals surface area contributed by atoms with E-state index in [2.05, 4.69) is 29.9 Å². The van der Waals surface area contributed by atoms with Crippen LogP contribution in [0.3, 0.4) is 0 Å². The van der Waals surface area contributed by atoms with E-state index in [-0.39, 0.29) is 11.2 Å². The Morgan fingerprint density at radius 3 is 2.62 bits per heavy atom. The third kappa shape index (κ3) is 2.19. The zero-order chi connectivity index (χ0) is 15.2. The predicted molar refractivity (Wildman–Crippen MR) is 85.5 cm³/mol. The molecule has 2 aromatic rings. The molecule has 21 heavy (non-hydrogen) atoms. The standard InChI is InChI=1S/C18H18N2O/c1-11(21)13-6-5-7-14(10-13)16-9-8-15-17(20-16)19-12(2)18(15,3)4/h5-10H,1-4H3. The first-order chi connectivity index (χ1) is 9.89. The Balaban J connectivity index is 2.09. The van der Waals surface area contributed by atoms with Crippen molar-refractivity contribution in [3.8, 4) is 11.3 Å². The lowest BCUT2D eigenvalue weighted by molar-refractivity contribution is 0.101. The van der Waals surface area contributed by atoms with Crippen molar-refractivity contribution in [3.05, 3.63) is 47.5 Å². The summed E-state index contributed by atoms with van der Waals surface area (Å²) in [4.78, 5) is 20.8. The maximum Gasteiger partial charge on any atom is 0.159 e. The fraction of sp³-hybridized carbons (Fsp3) is 0.278. The summed E-state index contributed by atoms with van der Waals surface area (Å²) in [5.74, 6) is 0.858. The van der Waals surface area contributed by atoms with Crippen molar-refractivity contribution in [2.24, 2.45) is 4.99 Å². The van der Waals surface area contributed by atoms with E-state index >= 15 is 0 Å². The van der Waals surface area contributed by atoms with Crippen molar-refractivity contribution >= 4 is 17.3 Å². The molecule has 0 saturated carbocycles. The molecule has 2 heterocycles. The van der Waals surface area contributed by atoms with Crippen LogP contribution in [0.5, 0.6) is 0 Å².